The molecule has 0 aliphatic heterocycles. The van der Waals surface area contributed by atoms with Crippen molar-refractivity contribution in [2.24, 2.45) is 0 Å². The largest absolute Gasteiger partial charge is 0.354 e. The third-order valence-electron chi connectivity index (χ3n) is 4.65. The van der Waals surface area contributed by atoms with E-state index in [0.29, 0.717) is 33.3 Å². The van der Waals surface area contributed by atoms with Crippen LogP contribution in [0.5, 0.6) is 0 Å². The van der Waals surface area contributed by atoms with E-state index in [4.69, 9.17) is 12.2 Å². The first-order valence-corrected chi connectivity index (χ1v) is 10.7. The van der Waals surface area contributed by atoms with Gasteiger partial charge in [0.2, 0.25) is 5.91 Å². The summed E-state index contributed by atoms with van der Waals surface area (Å²) in [7, 11) is 0. The first-order valence-electron chi connectivity index (χ1n) is 9.46. The fraction of sp³-hybridized carbons (Fsp3) is 0.333. The second-order valence-corrected chi connectivity index (χ2v) is 8.74. The van der Waals surface area contributed by atoms with E-state index in [2.05, 4.69) is 55.0 Å². The third-order valence-corrected chi connectivity index (χ3v) is 6.08. The number of amides is 1. The number of fused-ring (bicyclic) bond motifs is 1. The Hall–Kier alpha value is -2.58. The van der Waals surface area contributed by atoms with Crippen molar-refractivity contribution in [1.29, 1.82) is 0 Å². The minimum absolute atomic E-state index is 0.0693. The maximum Gasteiger partial charge on any atom is 0.273 e. The predicted molar refractivity (Wildman–Crippen MR) is 120 cm³/mol. The van der Waals surface area contributed by atoms with Crippen LogP contribution in [-0.4, -0.2) is 26.6 Å². The van der Waals surface area contributed by atoms with E-state index in [1.807, 2.05) is 0 Å². The van der Waals surface area contributed by atoms with E-state index >= 15 is 0 Å². The van der Waals surface area contributed by atoms with Crippen LogP contribution in [0.2, 0.25) is 0 Å². The third kappa shape index (κ3) is 4.89. The molecule has 152 valence electrons. The number of hydrogen-bond acceptors (Lipinski definition) is 5. The van der Waals surface area contributed by atoms with Crippen molar-refractivity contribution in [3.8, 4) is 0 Å². The van der Waals surface area contributed by atoms with Crippen LogP contribution >= 0.6 is 23.6 Å². The van der Waals surface area contributed by atoms with Gasteiger partial charge in [0.25, 0.3) is 5.56 Å². The highest BCUT2D eigenvalue weighted by molar-refractivity contribution is 7.73. The second-order valence-electron chi connectivity index (χ2n) is 7.09. The molecule has 3 aromatic rings. The summed E-state index contributed by atoms with van der Waals surface area (Å²) in [5.41, 5.74) is 2.74. The van der Waals surface area contributed by atoms with Crippen LogP contribution in [0.3, 0.4) is 0 Å². The van der Waals surface area contributed by atoms with Crippen molar-refractivity contribution in [1.82, 2.24) is 19.4 Å². The van der Waals surface area contributed by atoms with E-state index in [-0.39, 0.29) is 18.0 Å². The van der Waals surface area contributed by atoms with Gasteiger partial charge in [-0.05, 0) is 35.7 Å². The van der Waals surface area contributed by atoms with Crippen LogP contribution in [0.4, 0.5) is 0 Å². The van der Waals surface area contributed by atoms with E-state index in [9.17, 15) is 9.59 Å². The van der Waals surface area contributed by atoms with Crippen LogP contribution < -0.4 is 10.9 Å². The van der Waals surface area contributed by atoms with Crippen molar-refractivity contribution < 1.29 is 4.79 Å². The summed E-state index contributed by atoms with van der Waals surface area (Å²) in [6.45, 7) is 8.96. The number of carbonyl (C=O) groups is 1. The number of allylic oxidation sites excluding steroid dienone is 1. The van der Waals surface area contributed by atoms with E-state index < -0.39 is 0 Å². The fourth-order valence-electron chi connectivity index (χ4n) is 3.00. The number of nitrogens with one attached hydrogen (secondary N) is 1. The Balaban J connectivity index is 1.62. The molecule has 0 aliphatic carbocycles. The first kappa shape index (κ1) is 21.1. The lowest BCUT2D eigenvalue weighted by atomic mass is 10.0. The van der Waals surface area contributed by atoms with Gasteiger partial charge in [-0.15, -0.1) is 6.58 Å². The van der Waals surface area contributed by atoms with Gasteiger partial charge in [-0.1, -0.05) is 55.5 Å². The highest BCUT2D eigenvalue weighted by Crippen LogP contribution is 2.17. The maximum atomic E-state index is 12.7. The Morgan fingerprint density at radius 1 is 1.34 bits per heavy atom. The molecule has 0 unspecified atom stereocenters. The molecule has 8 heteroatoms. The zero-order chi connectivity index (χ0) is 21.0. The number of aromatic nitrogens is 3. The predicted octanol–water partition coefficient (Wildman–Crippen LogP) is 3.66. The molecule has 6 nitrogen and oxygen atoms in total. The number of hydrogen-bond donors (Lipinski definition) is 1. The molecule has 0 bridgehead atoms. The van der Waals surface area contributed by atoms with Gasteiger partial charge in [-0.2, -0.15) is 0 Å². The lowest BCUT2D eigenvalue weighted by molar-refractivity contribution is -0.121. The normalized spacial score (nSPS) is 11.1. The van der Waals surface area contributed by atoms with E-state index in [1.165, 1.54) is 33.4 Å². The summed E-state index contributed by atoms with van der Waals surface area (Å²) in [6, 6.07) is 8.42. The Morgan fingerprint density at radius 3 is 2.72 bits per heavy atom. The van der Waals surface area contributed by atoms with Crippen LogP contribution in [0.1, 0.15) is 30.9 Å². The number of thiazole rings is 1. The number of rotatable bonds is 8. The molecule has 1 aromatic carbocycles. The summed E-state index contributed by atoms with van der Waals surface area (Å²) in [4.78, 5) is 29.3. The minimum atomic E-state index is -0.256. The molecule has 0 atom stereocenters. The van der Waals surface area contributed by atoms with Crippen LogP contribution in [0.25, 0.3) is 10.3 Å². The molecule has 0 radical (unpaired) electrons. The van der Waals surface area contributed by atoms with Gasteiger partial charge < -0.3 is 9.88 Å². The van der Waals surface area contributed by atoms with Crippen molar-refractivity contribution in [2.45, 2.75) is 39.3 Å². The van der Waals surface area contributed by atoms with Gasteiger partial charge in [0.1, 0.15) is 17.6 Å². The van der Waals surface area contributed by atoms with Gasteiger partial charge in [-0.3, -0.25) is 14.2 Å². The molecule has 1 amide bonds. The van der Waals surface area contributed by atoms with Crippen LogP contribution in [0, 0.1) is 3.95 Å². The summed E-state index contributed by atoms with van der Waals surface area (Å²) >= 11 is 6.51. The molecule has 0 fully saturated rings. The highest BCUT2D eigenvalue weighted by Gasteiger charge is 2.13. The summed E-state index contributed by atoms with van der Waals surface area (Å²) < 4.78 is 4.10. The van der Waals surface area contributed by atoms with E-state index in [0.717, 1.165) is 6.42 Å². The van der Waals surface area contributed by atoms with E-state index in [1.54, 1.807) is 10.6 Å². The molecular weight excluding hydrogens is 404 g/mol. The molecule has 0 saturated heterocycles. The summed E-state index contributed by atoms with van der Waals surface area (Å²) in [6.07, 6.45) is 3.84. The van der Waals surface area contributed by atoms with Crippen molar-refractivity contribution >= 4 is 39.8 Å². The quantitative estimate of drug-likeness (QED) is 0.439. The lowest BCUT2D eigenvalue weighted by Gasteiger charge is -2.09. The summed E-state index contributed by atoms with van der Waals surface area (Å²) in [5.74, 6) is 0.278. The van der Waals surface area contributed by atoms with Crippen molar-refractivity contribution in [3.63, 3.8) is 0 Å². The first-order chi connectivity index (χ1) is 13.9. The average Bonchev–Trinajstić information content (AvgIpc) is 3.01. The smallest absolute Gasteiger partial charge is 0.273 e. The molecule has 0 saturated carbocycles. The van der Waals surface area contributed by atoms with Gasteiger partial charge >= 0.3 is 0 Å². The fourth-order valence-corrected chi connectivity index (χ4v) is 4.32. The zero-order valence-electron chi connectivity index (χ0n) is 16.6. The molecule has 0 aliphatic rings. The average molecular weight is 429 g/mol. The SMILES string of the molecule is C=CCn1c(=S)sc2c(=O)n(CC(=O)NCCc3ccc(C(C)C)cc3)cnc21. The molecule has 2 heterocycles. The highest BCUT2D eigenvalue weighted by atomic mass is 32.1. The number of benzene rings is 1. The Morgan fingerprint density at radius 2 is 2.07 bits per heavy atom. The van der Waals surface area contributed by atoms with Gasteiger partial charge in [0, 0.05) is 13.1 Å². The van der Waals surface area contributed by atoms with Gasteiger partial charge in [-0.25, -0.2) is 4.98 Å². The standard InChI is InChI=1S/C21H24N4O2S2/c1-4-11-25-19-18(29-21(25)28)20(27)24(13-23-19)12-17(26)22-10-9-15-5-7-16(8-6-15)14(2)3/h4-8,13-14H,1,9-12H2,2-3H3,(H,22,26). The van der Waals surface area contributed by atoms with Gasteiger partial charge in [0.05, 0.1) is 0 Å². The molecular formula is C21H24N4O2S2. The number of carbonyl (C=O) groups excluding carboxylic acids is 1. The lowest BCUT2D eigenvalue weighted by Crippen LogP contribution is -2.33. The van der Waals surface area contributed by atoms with Crippen molar-refractivity contribution in [3.05, 3.63) is 68.7 Å². The molecule has 2 aromatic heterocycles. The molecule has 3 rings (SSSR count). The van der Waals surface area contributed by atoms with Crippen molar-refractivity contribution in [2.75, 3.05) is 6.54 Å². The number of nitrogens with zero attached hydrogens (tertiary/aromatic N) is 3. The van der Waals surface area contributed by atoms with Gasteiger partial charge in [0.15, 0.2) is 9.60 Å². The molecule has 0 spiro atoms. The van der Waals surface area contributed by atoms with Crippen LogP contribution in [0.15, 0.2) is 48.0 Å². The Kier molecular flexibility index (Phi) is 6.76. The Labute approximate surface area is 178 Å². The summed E-state index contributed by atoms with van der Waals surface area (Å²) in [5, 5.41) is 2.87. The Bertz CT molecular complexity index is 1140. The second kappa shape index (κ2) is 9.28. The topological polar surface area (TPSA) is 68.9 Å². The molecule has 1 N–H and O–H groups in total. The van der Waals surface area contributed by atoms with Crippen LogP contribution in [-0.2, 0) is 24.3 Å². The molecule has 29 heavy (non-hydrogen) atoms. The maximum absolute atomic E-state index is 12.7. The monoisotopic (exact) mass is 428 g/mol. The zero-order valence-corrected chi connectivity index (χ0v) is 18.2. The minimum Gasteiger partial charge on any atom is -0.354 e.